The molecule has 1 aromatic rings. The van der Waals surface area contributed by atoms with Gasteiger partial charge in [0.25, 0.3) is 0 Å². The average Bonchev–Trinajstić information content (AvgIpc) is 2.56. The predicted octanol–water partition coefficient (Wildman–Crippen LogP) is 2.37. The first kappa shape index (κ1) is 24.7. The summed E-state index contributed by atoms with van der Waals surface area (Å²) in [5.74, 6) is 0. The minimum Gasteiger partial charge on any atom is -0.444 e. The second kappa shape index (κ2) is 10.5. The molecule has 0 heterocycles. The molecule has 0 saturated heterocycles. The van der Waals surface area contributed by atoms with Crippen LogP contribution in [0.15, 0.2) is 30.3 Å². The number of alkyl carbamates (subject to hydrolysis) is 2. The maximum absolute atomic E-state index is 12.2. The summed E-state index contributed by atoms with van der Waals surface area (Å²) in [4.78, 5) is 24.0. The third kappa shape index (κ3) is 10.7. The fourth-order valence-electron chi connectivity index (χ4n) is 2.48. The average molecular weight is 411 g/mol. The lowest BCUT2D eigenvalue weighted by atomic mass is 9.97. The number of carbonyl (C=O) groups is 2. The number of aliphatic hydroxyl groups excluding tert-OH is 2. The van der Waals surface area contributed by atoms with Crippen LogP contribution in [0.3, 0.4) is 0 Å². The van der Waals surface area contributed by atoms with E-state index in [4.69, 9.17) is 9.47 Å². The number of carbonyl (C=O) groups excluding carboxylic acids is 2. The Labute approximate surface area is 172 Å². The van der Waals surface area contributed by atoms with Crippen molar-refractivity contribution in [2.45, 2.75) is 77.4 Å². The van der Waals surface area contributed by atoms with E-state index in [1.807, 2.05) is 30.3 Å². The Kier molecular flexibility index (Phi) is 8.91. The van der Waals surface area contributed by atoms with E-state index in [9.17, 15) is 19.8 Å². The topological polar surface area (TPSA) is 117 Å². The molecule has 0 bridgehead atoms. The van der Waals surface area contributed by atoms with Gasteiger partial charge in [-0.1, -0.05) is 30.3 Å². The normalized spacial score (nSPS) is 15.0. The molecule has 0 unspecified atom stereocenters. The van der Waals surface area contributed by atoms with E-state index in [1.54, 1.807) is 41.5 Å². The number of benzene rings is 1. The number of hydrogen-bond donors (Lipinski definition) is 4. The van der Waals surface area contributed by atoms with Crippen molar-refractivity contribution in [2.24, 2.45) is 0 Å². The van der Waals surface area contributed by atoms with Crippen molar-refractivity contribution in [1.82, 2.24) is 10.6 Å². The second-order valence-corrected chi connectivity index (χ2v) is 8.88. The molecule has 0 aliphatic carbocycles. The van der Waals surface area contributed by atoms with Gasteiger partial charge in [0.15, 0.2) is 0 Å². The van der Waals surface area contributed by atoms with Gasteiger partial charge in [-0.15, -0.1) is 0 Å². The lowest BCUT2D eigenvalue weighted by Gasteiger charge is -2.29. The molecule has 2 amide bonds. The molecule has 1 aromatic carbocycles. The summed E-state index contributed by atoms with van der Waals surface area (Å²) in [5.41, 5.74) is -0.523. The van der Waals surface area contributed by atoms with E-state index in [-0.39, 0.29) is 13.0 Å². The Morgan fingerprint density at radius 3 is 1.97 bits per heavy atom. The molecule has 0 fully saturated rings. The molecule has 4 N–H and O–H groups in total. The fraction of sp³-hybridized carbons (Fsp3) is 0.619. The van der Waals surface area contributed by atoms with E-state index in [0.717, 1.165) is 5.56 Å². The molecule has 8 nitrogen and oxygen atoms in total. The minimum absolute atomic E-state index is 0.239. The summed E-state index contributed by atoms with van der Waals surface area (Å²) in [5, 5.41) is 26.0. The van der Waals surface area contributed by atoms with E-state index >= 15 is 0 Å². The number of nitrogens with one attached hydrogen (secondary N) is 2. The van der Waals surface area contributed by atoms with Crippen LogP contribution in [0.4, 0.5) is 9.59 Å². The fourth-order valence-corrected chi connectivity index (χ4v) is 2.48. The highest BCUT2D eigenvalue weighted by atomic mass is 16.6. The van der Waals surface area contributed by atoms with Crippen LogP contribution in [-0.2, 0) is 15.9 Å². The van der Waals surface area contributed by atoms with Gasteiger partial charge in [-0.2, -0.15) is 0 Å². The monoisotopic (exact) mass is 410 g/mol. The number of aliphatic hydroxyl groups is 2. The van der Waals surface area contributed by atoms with Crippen LogP contribution in [-0.4, -0.2) is 58.4 Å². The summed E-state index contributed by atoms with van der Waals surface area (Å²) >= 11 is 0. The molecule has 0 saturated carbocycles. The van der Waals surface area contributed by atoms with Gasteiger partial charge in [-0.05, 0) is 53.5 Å². The molecule has 8 heteroatoms. The van der Waals surface area contributed by atoms with Crippen molar-refractivity contribution in [2.75, 3.05) is 6.54 Å². The minimum atomic E-state index is -1.35. The van der Waals surface area contributed by atoms with Crippen LogP contribution in [0.2, 0.25) is 0 Å². The molecule has 29 heavy (non-hydrogen) atoms. The SMILES string of the molecule is CC(C)(C)OC(=O)NC[C@H](O)[C@H](O)[C@H](Cc1ccccc1)NC(=O)OC(C)(C)C. The summed E-state index contributed by atoms with van der Waals surface area (Å²) in [6.45, 7) is 10.1. The number of hydrogen-bond acceptors (Lipinski definition) is 6. The lowest BCUT2D eigenvalue weighted by molar-refractivity contribution is -0.0106. The Morgan fingerprint density at radius 2 is 1.45 bits per heavy atom. The molecule has 0 aliphatic heterocycles. The molecular weight excluding hydrogens is 376 g/mol. The number of ether oxygens (including phenoxy) is 2. The first-order valence-corrected chi connectivity index (χ1v) is 9.63. The Bertz CT molecular complexity index is 651. The summed E-state index contributed by atoms with van der Waals surface area (Å²) in [7, 11) is 0. The predicted molar refractivity (Wildman–Crippen MR) is 110 cm³/mol. The third-order valence-electron chi connectivity index (χ3n) is 3.66. The maximum Gasteiger partial charge on any atom is 0.407 e. The molecule has 0 spiro atoms. The second-order valence-electron chi connectivity index (χ2n) is 8.88. The highest BCUT2D eigenvalue weighted by Gasteiger charge is 2.30. The van der Waals surface area contributed by atoms with Crippen molar-refractivity contribution in [1.29, 1.82) is 0 Å². The van der Waals surface area contributed by atoms with Crippen LogP contribution in [0.5, 0.6) is 0 Å². The highest BCUT2D eigenvalue weighted by molar-refractivity contribution is 5.68. The third-order valence-corrected chi connectivity index (χ3v) is 3.66. The lowest BCUT2D eigenvalue weighted by Crippen LogP contribution is -2.53. The van der Waals surface area contributed by atoms with Gasteiger partial charge in [0, 0.05) is 6.54 Å². The zero-order valence-electron chi connectivity index (χ0n) is 18.1. The summed E-state index contributed by atoms with van der Waals surface area (Å²) in [6.07, 6.45) is -3.82. The first-order chi connectivity index (χ1) is 13.3. The van der Waals surface area contributed by atoms with Gasteiger partial charge in [-0.25, -0.2) is 9.59 Å². The zero-order chi connectivity index (χ0) is 22.2. The largest absolute Gasteiger partial charge is 0.444 e. The molecule has 164 valence electrons. The molecule has 0 radical (unpaired) electrons. The summed E-state index contributed by atoms with van der Waals surface area (Å²) < 4.78 is 10.4. The van der Waals surface area contributed by atoms with Crippen LogP contribution >= 0.6 is 0 Å². The first-order valence-electron chi connectivity index (χ1n) is 9.63. The number of rotatable bonds is 7. The van der Waals surface area contributed by atoms with Gasteiger partial charge in [-0.3, -0.25) is 0 Å². The van der Waals surface area contributed by atoms with Gasteiger partial charge >= 0.3 is 12.2 Å². The zero-order valence-corrected chi connectivity index (χ0v) is 18.1. The Morgan fingerprint density at radius 1 is 0.931 bits per heavy atom. The van der Waals surface area contributed by atoms with Crippen LogP contribution in [0, 0.1) is 0 Å². The summed E-state index contributed by atoms with van der Waals surface area (Å²) in [6, 6.07) is 8.40. The van der Waals surface area contributed by atoms with Crippen LogP contribution in [0.1, 0.15) is 47.1 Å². The van der Waals surface area contributed by atoms with Crippen molar-refractivity contribution >= 4 is 12.2 Å². The Balaban J connectivity index is 2.78. The number of amides is 2. The van der Waals surface area contributed by atoms with Gasteiger partial charge in [0.05, 0.1) is 12.1 Å². The standard InChI is InChI=1S/C21H34N2O6/c1-20(2,3)28-18(26)22-13-16(24)17(25)15(12-14-10-8-7-9-11-14)23-19(27)29-21(4,5)6/h7-11,15-17,24-25H,12-13H2,1-6H3,(H,22,26)(H,23,27)/t15-,16-,17+/m0/s1. The Hall–Kier alpha value is -2.32. The molecule has 0 aromatic heterocycles. The van der Waals surface area contributed by atoms with Gasteiger partial charge in [0.1, 0.15) is 17.3 Å². The van der Waals surface area contributed by atoms with Crippen molar-refractivity contribution < 1.29 is 29.3 Å². The van der Waals surface area contributed by atoms with Crippen molar-refractivity contribution in [3.63, 3.8) is 0 Å². The molecular formula is C21H34N2O6. The van der Waals surface area contributed by atoms with E-state index in [1.165, 1.54) is 0 Å². The van der Waals surface area contributed by atoms with Gasteiger partial charge < -0.3 is 30.3 Å². The van der Waals surface area contributed by atoms with E-state index in [2.05, 4.69) is 10.6 Å². The molecule has 1 rings (SSSR count). The van der Waals surface area contributed by atoms with Crippen LogP contribution < -0.4 is 10.6 Å². The van der Waals surface area contributed by atoms with Crippen molar-refractivity contribution in [3.8, 4) is 0 Å². The smallest absolute Gasteiger partial charge is 0.407 e. The molecule has 0 aliphatic rings. The van der Waals surface area contributed by atoms with E-state index < -0.39 is 41.6 Å². The van der Waals surface area contributed by atoms with Crippen molar-refractivity contribution in [3.05, 3.63) is 35.9 Å². The van der Waals surface area contributed by atoms with E-state index in [0.29, 0.717) is 0 Å². The maximum atomic E-state index is 12.2. The highest BCUT2D eigenvalue weighted by Crippen LogP contribution is 2.12. The van der Waals surface area contributed by atoms with Gasteiger partial charge in [0.2, 0.25) is 0 Å². The van der Waals surface area contributed by atoms with Crippen LogP contribution in [0.25, 0.3) is 0 Å². The molecule has 3 atom stereocenters. The quantitative estimate of drug-likeness (QED) is 0.548.